The number of ether oxygens (including phenoxy) is 3. The average Bonchev–Trinajstić information content (AvgIpc) is 3.13. The van der Waals surface area contributed by atoms with Gasteiger partial charge in [0.1, 0.15) is 6.04 Å². The van der Waals surface area contributed by atoms with Crippen LogP contribution in [0.5, 0.6) is 17.2 Å². The summed E-state index contributed by atoms with van der Waals surface area (Å²) in [6.07, 6.45) is -0.0857. The molecule has 1 aliphatic heterocycles. The summed E-state index contributed by atoms with van der Waals surface area (Å²) in [7, 11) is 4.36. The summed E-state index contributed by atoms with van der Waals surface area (Å²) in [5.41, 5.74) is 5.93. The van der Waals surface area contributed by atoms with Crippen LogP contribution in [0.15, 0.2) is 54.6 Å². The fraction of sp³-hybridized carbons (Fsp3) is 0.208. The second-order valence-corrected chi connectivity index (χ2v) is 7.33. The number of hydrogen-bond acceptors (Lipinski definition) is 7. The topological polar surface area (TPSA) is 106 Å². The molecule has 170 valence electrons. The average molecular weight is 449 g/mol. The summed E-state index contributed by atoms with van der Waals surface area (Å²) in [5.74, 6) is -0.338. The Labute approximate surface area is 190 Å². The van der Waals surface area contributed by atoms with Crippen molar-refractivity contribution >= 4 is 34.2 Å². The molecular formula is C24H23N3O6. The first-order valence-electron chi connectivity index (χ1n) is 10.2. The van der Waals surface area contributed by atoms with Crippen molar-refractivity contribution < 1.29 is 28.6 Å². The highest BCUT2D eigenvalue weighted by Gasteiger charge is 2.40. The van der Waals surface area contributed by atoms with Crippen molar-refractivity contribution in [3.05, 3.63) is 60.2 Å². The maximum atomic E-state index is 13.0. The van der Waals surface area contributed by atoms with E-state index in [0.717, 1.165) is 15.7 Å². The number of amides is 3. The zero-order valence-electron chi connectivity index (χ0n) is 18.4. The predicted molar refractivity (Wildman–Crippen MR) is 122 cm³/mol. The molecule has 0 radical (unpaired) electrons. The van der Waals surface area contributed by atoms with Crippen LogP contribution in [0.1, 0.15) is 16.8 Å². The number of fused-ring (bicyclic) bond motifs is 1. The van der Waals surface area contributed by atoms with Gasteiger partial charge in [-0.05, 0) is 23.6 Å². The first-order valence-corrected chi connectivity index (χ1v) is 10.2. The van der Waals surface area contributed by atoms with Gasteiger partial charge in [-0.1, -0.05) is 36.4 Å². The number of imide groups is 1. The second kappa shape index (κ2) is 9.17. The smallest absolute Gasteiger partial charge is 0.265 e. The molecule has 1 fully saturated rings. The third-order valence-corrected chi connectivity index (χ3v) is 5.44. The fourth-order valence-electron chi connectivity index (χ4n) is 3.84. The van der Waals surface area contributed by atoms with E-state index in [9.17, 15) is 14.4 Å². The molecule has 0 aromatic heterocycles. The largest absolute Gasteiger partial charge is 0.493 e. The van der Waals surface area contributed by atoms with Gasteiger partial charge in [-0.2, -0.15) is 0 Å². The first-order chi connectivity index (χ1) is 16.0. The number of nitrogens with zero attached hydrogens (tertiary/aromatic N) is 1. The molecule has 33 heavy (non-hydrogen) atoms. The Hall–Kier alpha value is -4.11. The van der Waals surface area contributed by atoms with Crippen molar-refractivity contribution in [2.45, 2.75) is 12.5 Å². The summed E-state index contributed by atoms with van der Waals surface area (Å²) in [6, 6.07) is 15.0. The van der Waals surface area contributed by atoms with Crippen molar-refractivity contribution in [2.24, 2.45) is 0 Å². The molecule has 1 atom stereocenters. The van der Waals surface area contributed by atoms with Gasteiger partial charge in [0.25, 0.3) is 11.8 Å². The van der Waals surface area contributed by atoms with E-state index in [0.29, 0.717) is 22.9 Å². The molecule has 1 aliphatic rings. The molecule has 2 N–H and O–H groups in total. The predicted octanol–water partition coefficient (Wildman–Crippen LogP) is 2.43. The van der Waals surface area contributed by atoms with Crippen LogP contribution in [-0.4, -0.2) is 45.1 Å². The fourth-order valence-corrected chi connectivity index (χ4v) is 3.84. The number of carbonyl (C=O) groups is 3. The van der Waals surface area contributed by atoms with Crippen LogP contribution in [0.4, 0.5) is 5.69 Å². The highest BCUT2D eigenvalue weighted by Crippen LogP contribution is 2.38. The van der Waals surface area contributed by atoms with Gasteiger partial charge in [0, 0.05) is 10.9 Å². The zero-order chi connectivity index (χ0) is 23.5. The van der Waals surface area contributed by atoms with E-state index in [-0.39, 0.29) is 17.9 Å². The minimum absolute atomic E-state index is 0.0857. The summed E-state index contributed by atoms with van der Waals surface area (Å²) >= 11 is 0. The Morgan fingerprint density at radius 1 is 0.939 bits per heavy atom. The highest BCUT2D eigenvalue weighted by molar-refractivity contribution is 6.25. The molecule has 0 saturated carbocycles. The minimum atomic E-state index is -0.901. The normalized spacial score (nSPS) is 15.6. The molecule has 0 aliphatic carbocycles. The van der Waals surface area contributed by atoms with Crippen LogP contribution in [0.2, 0.25) is 0 Å². The molecule has 1 saturated heterocycles. The van der Waals surface area contributed by atoms with E-state index in [4.69, 9.17) is 14.2 Å². The van der Waals surface area contributed by atoms with Crippen LogP contribution in [0, 0.1) is 0 Å². The van der Waals surface area contributed by atoms with Gasteiger partial charge in [0.2, 0.25) is 11.7 Å². The standard InChI is InChI=1S/C24H23N3O6/c1-31-19-11-15(12-20(32-2)22(19)33-3)23(29)26-25-17-13-21(28)27(24(17)30)18-10-6-8-14-7-4-5-9-16(14)18/h4-12,17,25H,13H2,1-3H3,(H,26,29)/t17-/m0/s1. The molecule has 1 heterocycles. The maximum absolute atomic E-state index is 13.0. The van der Waals surface area contributed by atoms with Gasteiger partial charge in [0.05, 0.1) is 33.4 Å². The van der Waals surface area contributed by atoms with Crippen LogP contribution < -0.4 is 30.0 Å². The molecule has 0 bridgehead atoms. The van der Waals surface area contributed by atoms with Crippen LogP contribution in [-0.2, 0) is 9.59 Å². The van der Waals surface area contributed by atoms with Gasteiger partial charge < -0.3 is 14.2 Å². The SMILES string of the molecule is COc1cc(C(=O)NN[C@H]2CC(=O)N(c3cccc4ccccc34)C2=O)cc(OC)c1OC. The van der Waals surface area contributed by atoms with E-state index < -0.39 is 17.9 Å². The Kier molecular flexibility index (Phi) is 6.14. The number of rotatable bonds is 7. The van der Waals surface area contributed by atoms with Crippen molar-refractivity contribution in [3.63, 3.8) is 0 Å². The van der Waals surface area contributed by atoms with Crippen LogP contribution >= 0.6 is 0 Å². The molecule has 3 aromatic carbocycles. The van der Waals surface area contributed by atoms with E-state index in [1.54, 1.807) is 12.1 Å². The molecule has 9 heteroatoms. The van der Waals surface area contributed by atoms with Gasteiger partial charge >= 0.3 is 0 Å². The lowest BCUT2D eigenvalue weighted by Crippen LogP contribution is -2.48. The van der Waals surface area contributed by atoms with Crippen LogP contribution in [0.25, 0.3) is 10.8 Å². The molecule has 0 spiro atoms. The molecule has 3 amide bonds. The first kappa shape index (κ1) is 22.1. The Bertz CT molecular complexity index is 1210. The highest BCUT2D eigenvalue weighted by atomic mass is 16.5. The van der Waals surface area contributed by atoms with Gasteiger partial charge in [-0.15, -0.1) is 0 Å². The number of hydrazine groups is 1. The minimum Gasteiger partial charge on any atom is -0.493 e. The molecule has 9 nitrogen and oxygen atoms in total. The van der Waals surface area contributed by atoms with Gasteiger partial charge in [-0.25, -0.2) is 10.3 Å². The number of hydrogen-bond donors (Lipinski definition) is 2. The van der Waals surface area contributed by atoms with E-state index >= 15 is 0 Å². The lowest BCUT2D eigenvalue weighted by atomic mass is 10.1. The lowest BCUT2D eigenvalue weighted by Gasteiger charge is -2.18. The Morgan fingerprint density at radius 2 is 1.61 bits per heavy atom. The molecule has 0 unspecified atom stereocenters. The van der Waals surface area contributed by atoms with E-state index in [1.165, 1.54) is 33.5 Å². The maximum Gasteiger partial charge on any atom is 0.265 e. The number of nitrogens with one attached hydrogen (secondary N) is 2. The summed E-state index contributed by atoms with van der Waals surface area (Å²) in [5, 5.41) is 1.71. The van der Waals surface area contributed by atoms with Crippen molar-refractivity contribution in [1.29, 1.82) is 0 Å². The third-order valence-electron chi connectivity index (χ3n) is 5.44. The van der Waals surface area contributed by atoms with E-state index in [1.807, 2.05) is 30.3 Å². The zero-order valence-corrected chi connectivity index (χ0v) is 18.4. The summed E-state index contributed by atoms with van der Waals surface area (Å²) < 4.78 is 15.8. The van der Waals surface area contributed by atoms with Gasteiger partial charge in [0.15, 0.2) is 11.5 Å². The van der Waals surface area contributed by atoms with Crippen molar-refractivity contribution in [1.82, 2.24) is 10.9 Å². The van der Waals surface area contributed by atoms with Gasteiger partial charge in [-0.3, -0.25) is 19.8 Å². The third kappa shape index (κ3) is 4.06. The van der Waals surface area contributed by atoms with Crippen LogP contribution in [0.3, 0.4) is 0 Å². The second-order valence-electron chi connectivity index (χ2n) is 7.33. The number of methoxy groups -OCH3 is 3. The molecule has 4 rings (SSSR count). The monoisotopic (exact) mass is 449 g/mol. The molecule has 3 aromatic rings. The van der Waals surface area contributed by atoms with Crippen molar-refractivity contribution in [3.8, 4) is 17.2 Å². The number of carbonyl (C=O) groups excluding carboxylic acids is 3. The quantitative estimate of drug-likeness (QED) is 0.422. The summed E-state index contributed by atoms with van der Waals surface area (Å²) in [4.78, 5) is 39.6. The number of anilines is 1. The van der Waals surface area contributed by atoms with Crippen molar-refractivity contribution in [2.75, 3.05) is 26.2 Å². The summed E-state index contributed by atoms with van der Waals surface area (Å²) in [6.45, 7) is 0. The molecular weight excluding hydrogens is 426 g/mol. The van der Waals surface area contributed by atoms with E-state index in [2.05, 4.69) is 10.9 Å². The Morgan fingerprint density at radius 3 is 2.27 bits per heavy atom. The number of benzene rings is 3. The Balaban J connectivity index is 1.51. The lowest BCUT2D eigenvalue weighted by molar-refractivity contribution is -0.121.